The molecule has 2 aliphatic rings. The van der Waals surface area contributed by atoms with Crippen molar-refractivity contribution in [2.75, 3.05) is 23.4 Å². The molecule has 8 heteroatoms. The molecule has 3 aromatic carbocycles. The van der Waals surface area contributed by atoms with Crippen LogP contribution in [0.2, 0.25) is 10.0 Å². The van der Waals surface area contributed by atoms with E-state index < -0.39 is 6.04 Å². The number of amides is 2. The third-order valence-corrected chi connectivity index (χ3v) is 6.67. The van der Waals surface area contributed by atoms with E-state index in [1.165, 1.54) is 0 Å². The molecular formula is C26H21Cl2N3O3. The SMILES string of the molecule is O=C1Nc2ccc(Cl)cc2C(c2ccc3c(c2)N(CCO)C(=O)C3)=NC1Cc1ccccc1Cl. The van der Waals surface area contributed by atoms with Gasteiger partial charge in [0.1, 0.15) is 6.04 Å². The molecule has 0 radical (unpaired) electrons. The normalized spacial score (nSPS) is 17.1. The molecule has 1 unspecified atom stereocenters. The molecule has 0 bridgehead atoms. The van der Waals surface area contributed by atoms with E-state index in [0.717, 1.165) is 22.4 Å². The Balaban J connectivity index is 1.63. The van der Waals surface area contributed by atoms with Gasteiger partial charge in [-0.05, 0) is 41.5 Å². The lowest BCUT2D eigenvalue weighted by atomic mass is 9.98. The van der Waals surface area contributed by atoms with Crippen LogP contribution in [0.5, 0.6) is 0 Å². The van der Waals surface area contributed by atoms with Gasteiger partial charge in [0.15, 0.2) is 0 Å². The van der Waals surface area contributed by atoms with Crippen LogP contribution in [0, 0.1) is 0 Å². The van der Waals surface area contributed by atoms with Crippen LogP contribution in [-0.4, -0.2) is 41.8 Å². The average molecular weight is 494 g/mol. The molecule has 172 valence electrons. The number of nitrogens with one attached hydrogen (secondary N) is 1. The molecule has 3 aromatic rings. The quantitative estimate of drug-likeness (QED) is 0.556. The second-order valence-electron chi connectivity index (χ2n) is 8.26. The summed E-state index contributed by atoms with van der Waals surface area (Å²) in [6, 6.07) is 17.6. The number of halogens is 2. The van der Waals surface area contributed by atoms with Crippen LogP contribution in [0.1, 0.15) is 22.3 Å². The Morgan fingerprint density at radius 2 is 1.88 bits per heavy atom. The molecule has 0 saturated carbocycles. The van der Waals surface area contributed by atoms with Gasteiger partial charge < -0.3 is 15.3 Å². The van der Waals surface area contributed by atoms with Crippen LogP contribution in [0.3, 0.4) is 0 Å². The highest BCUT2D eigenvalue weighted by molar-refractivity contribution is 6.32. The molecule has 2 amide bonds. The number of hydrogen-bond donors (Lipinski definition) is 2. The van der Waals surface area contributed by atoms with Gasteiger partial charge in [0.05, 0.1) is 24.4 Å². The number of hydrogen-bond acceptors (Lipinski definition) is 4. The van der Waals surface area contributed by atoms with Crippen molar-refractivity contribution in [1.82, 2.24) is 0 Å². The van der Waals surface area contributed by atoms with Crippen LogP contribution < -0.4 is 10.2 Å². The first-order chi connectivity index (χ1) is 16.4. The molecule has 2 N–H and O–H groups in total. The number of aliphatic hydroxyl groups is 1. The van der Waals surface area contributed by atoms with Gasteiger partial charge in [-0.25, -0.2) is 0 Å². The summed E-state index contributed by atoms with van der Waals surface area (Å²) >= 11 is 12.7. The molecule has 5 rings (SSSR count). The van der Waals surface area contributed by atoms with Gasteiger partial charge in [-0.1, -0.05) is 53.5 Å². The summed E-state index contributed by atoms with van der Waals surface area (Å²) in [6.07, 6.45) is 0.621. The van der Waals surface area contributed by atoms with Crippen molar-refractivity contribution in [3.05, 3.63) is 93.0 Å². The van der Waals surface area contributed by atoms with Crippen LogP contribution in [0.25, 0.3) is 0 Å². The largest absolute Gasteiger partial charge is 0.395 e. The minimum atomic E-state index is -0.718. The van der Waals surface area contributed by atoms with Gasteiger partial charge >= 0.3 is 0 Å². The lowest BCUT2D eigenvalue weighted by Gasteiger charge is -2.18. The number of carbonyl (C=O) groups is 2. The zero-order valence-electron chi connectivity index (χ0n) is 18.1. The van der Waals surface area contributed by atoms with Crippen molar-refractivity contribution >= 4 is 52.1 Å². The van der Waals surface area contributed by atoms with E-state index in [4.69, 9.17) is 28.2 Å². The number of benzene rings is 3. The maximum Gasteiger partial charge on any atom is 0.249 e. The molecule has 2 aliphatic heterocycles. The van der Waals surface area contributed by atoms with E-state index in [9.17, 15) is 14.7 Å². The summed E-state index contributed by atoms with van der Waals surface area (Å²) in [4.78, 5) is 32.1. The highest BCUT2D eigenvalue weighted by atomic mass is 35.5. The van der Waals surface area contributed by atoms with Crippen molar-refractivity contribution in [2.24, 2.45) is 4.99 Å². The topological polar surface area (TPSA) is 82.0 Å². The summed E-state index contributed by atoms with van der Waals surface area (Å²) in [5.41, 5.74) is 5.11. The molecular weight excluding hydrogens is 473 g/mol. The van der Waals surface area contributed by atoms with Crippen LogP contribution >= 0.6 is 23.2 Å². The number of nitrogens with zero attached hydrogens (tertiary/aromatic N) is 2. The standard InChI is InChI=1S/C26H21Cl2N3O3/c27-18-7-8-21-19(14-18)25(17-6-5-16-13-24(33)31(9-10-32)23(16)12-17)29-22(26(34)30-21)11-15-3-1-2-4-20(15)28/h1-8,12,14,22,32H,9-11,13H2,(H,30,34). The Kier molecular flexibility index (Phi) is 6.13. The highest BCUT2D eigenvalue weighted by Crippen LogP contribution is 2.33. The van der Waals surface area contributed by atoms with E-state index in [1.807, 2.05) is 36.4 Å². The maximum atomic E-state index is 13.1. The minimum absolute atomic E-state index is 0.0547. The maximum absolute atomic E-state index is 13.1. The summed E-state index contributed by atoms with van der Waals surface area (Å²) in [6.45, 7) is 0.0898. The molecule has 0 spiro atoms. The Morgan fingerprint density at radius 3 is 2.68 bits per heavy atom. The minimum Gasteiger partial charge on any atom is -0.395 e. The molecule has 0 aromatic heterocycles. The number of aliphatic imine (C=N–C) groups is 1. The number of aliphatic hydroxyl groups excluding tert-OH is 1. The van der Waals surface area contributed by atoms with Gasteiger partial charge in [0.2, 0.25) is 11.8 Å². The van der Waals surface area contributed by atoms with Crippen molar-refractivity contribution in [3.8, 4) is 0 Å². The summed E-state index contributed by atoms with van der Waals surface area (Å²) < 4.78 is 0. The van der Waals surface area contributed by atoms with E-state index in [1.54, 1.807) is 29.2 Å². The monoisotopic (exact) mass is 493 g/mol. The van der Waals surface area contributed by atoms with Crippen molar-refractivity contribution in [1.29, 1.82) is 0 Å². The van der Waals surface area contributed by atoms with Gasteiger partial charge in [0.25, 0.3) is 0 Å². The molecule has 34 heavy (non-hydrogen) atoms. The fraction of sp³-hybridized carbons (Fsp3) is 0.192. The van der Waals surface area contributed by atoms with Crippen LogP contribution in [-0.2, 0) is 22.4 Å². The summed E-state index contributed by atoms with van der Waals surface area (Å²) in [5.74, 6) is -0.294. The van der Waals surface area contributed by atoms with Gasteiger partial charge in [0, 0.05) is 39.8 Å². The number of β-amino-alcohol motifs (C(OH)–C–C–N with tert-alkyl or cyclic N) is 1. The Hall–Kier alpha value is -3.19. The highest BCUT2D eigenvalue weighted by Gasteiger charge is 2.30. The predicted molar refractivity (Wildman–Crippen MR) is 134 cm³/mol. The average Bonchev–Trinajstić information content (AvgIpc) is 3.06. The Bertz CT molecular complexity index is 1340. The number of anilines is 2. The third-order valence-electron chi connectivity index (χ3n) is 6.07. The molecule has 0 saturated heterocycles. The zero-order valence-corrected chi connectivity index (χ0v) is 19.6. The van der Waals surface area contributed by atoms with E-state index >= 15 is 0 Å². The van der Waals surface area contributed by atoms with Gasteiger partial charge in [-0.2, -0.15) is 0 Å². The fourth-order valence-electron chi connectivity index (χ4n) is 4.41. The van der Waals surface area contributed by atoms with Crippen molar-refractivity contribution < 1.29 is 14.7 Å². The van der Waals surface area contributed by atoms with Crippen LogP contribution in [0.4, 0.5) is 11.4 Å². The van der Waals surface area contributed by atoms with E-state index in [0.29, 0.717) is 39.8 Å². The second kappa shape index (κ2) is 9.22. The van der Waals surface area contributed by atoms with E-state index in [2.05, 4.69) is 5.32 Å². The lowest BCUT2D eigenvalue weighted by molar-refractivity contribution is -0.118. The van der Waals surface area contributed by atoms with Crippen molar-refractivity contribution in [2.45, 2.75) is 18.9 Å². The Labute approximate surface area is 206 Å². The predicted octanol–water partition coefficient (Wildman–Crippen LogP) is 4.28. The summed E-state index contributed by atoms with van der Waals surface area (Å²) in [5, 5.41) is 13.5. The first-order valence-corrected chi connectivity index (χ1v) is 11.7. The molecule has 0 fully saturated rings. The Morgan fingerprint density at radius 1 is 1.06 bits per heavy atom. The molecule has 6 nitrogen and oxygen atoms in total. The first-order valence-electron chi connectivity index (χ1n) is 10.9. The van der Waals surface area contributed by atoms with Gasteiger partial charge in [-0.15, -0.1) is 0 Å². The number of fused-ring (bicyclic) bond motifs is 2. The molecule has 0 aliphatic carbocycles. The second-order valence-corrected chi connectivity index (χ2v) is 9.10. The van der Waals surface area contributed by atoms with E-state index in [-0.39, 0.29) is 25.0 Å². The van der Waals surface area contributed by atoms with Gasteiger partial charge in [-0.3, -0.25) is 14.6 Å². The zero-order chi connectivity index (χ0) is 23.8. The smallest absolute Gasteiger partial charge is 0.249 e. The first kappa shape index (κ1) is 22.6. The molecule has 1 atom stereocenters. The third kappa shape index (κ3) is 4.20. The fourth-order valence-corrected chi connectivity index (χ4v) is 4.80. The van der Waals surface area contributed by atoms with Crippen molar-refractivity contribution in [3.63, 3.8) is 0 Å². The number of benzodiazepines with no additional fused rings is 1. The van der Waals surface area contributed by atoms with Crippen LogP contribution in [0.15, 0.2) is 65.7 Å². The number of carbonyl (C=O) groups excluding carboxylic acids is 2. The summed E-state index contributed by atoms with van der Waals surface area (Å²) in [7, 11) is 0. The number of rotatable bonds is 5. The lowest BCUT2D eigenvalue weighted by Crippen LogP contribution is -2.29. The molecule has 2 heterocycles.